The molecule has 1 N–H and O–H groups in total. The third-order valence-corrected chi connectivity index (χ3v) is 3.74. The minimum atomic E-state index is 0.0111. The van der Waals surface area contributed by atoms with Gasteiger partial charge in [-0.05, 0) is 31.6 Å². The number of likely N-dealkylation sites (tertiary alicyclic amines) is 1. The third kappa shape index (κ3) is 3.03. The van der Waals surface area contributed by atoms with Crippen LogP contribution in [0.4, 0.5) is 5.82 Å². The van der Waals surface area contributed by atoms with E-state index in [1.165, 1.54) is 19.3 Å². The molecule has 102 valence electrons. The fraction of sp³-hybridized carbons (Fsp3) is 0.643. The second kappa shape index (κ2) is 5.15. The fourth-order valence-corrected chi connectivity index (χ4v) is 2.49. The molecule has 1 atom stereocenters. The van der Waals surface area contributed by atoms with Gasteiger partial charge in [-0.3, -0.25) is 4.79 Å². The van der Waals surface area contributed by atoms with Crippen molar-refractivity contribution < 1.29 is 4.79 Å². The molecule has 1 aliphatic carbocycles. The van der Waals surface area contributed by atoms with E-state index in [0.717, 1.165) is 25.3 Å². The number of hydrogen-bond donors (Lipinski definition) is 1. The van der Waals surface area contributed by atoms with Crippen molar-refractivity contribution in [1.29, 1.82) is 0 Å². The van der Waals surface area contributed by atoms with Gasteiger partial charge in [0.25, 0.3) is 5.91 Å². The van der Waals surface area contributed by atoms with Gasteiger partial charge in [-0.25, -0.2) is 9.97 Å². The zero-order valence-electron chi connectivity index (χ0n) is 11.3. The molecule has 5 heteroatoms. The number of nitrogens with one attached hydrogen (secondary N) is 1. The molecular weight excluding hydrogens is 240 g/mol. The largest absolute Gasteiger partial charge is 0.366 e. The van der Waals surface area contributed by atoms with Gasteiger partial charge >= 0.3 is 0 Å². The van der Waals surface area contributed by atoms with Gasteiger partial charge in [0, 0.05) is 19.1 Å². The second-order valence-corrected chi connectivity index (χ2v) is 5.70. The van der Waals surface area contributed by atoms with Gasteiger partial charge in [0.05, 0.1) is 12.4 Å². The summed E-state index contributed by atoms with van der Waals surface area (Å²) in [6, 6.07) is 0.554. The molecule has 0 spiro atoms. The van der Waals surface area contributed by atoms with Crippen LogP contribution in [0.3, 0.4) is 0 Å². The fourth-order valence-electron chi connectivity index (χ4n) is 2.49. The summed E-state index contributed by atoms with van der Waals surface area (Å²) in [6.45, 7) is 3.86. The van der Waals surface area contributed by atoms with Crippen molar-refractivity contribution in [3.05, 3.63) is 18.1 Å². The monoisotopic (exact) mass is 260 g/mol. The van der Waals surface area contributed by atoms with Crippen LogP contribution in [0.15, 0.2) is 12.4 Å². The van der Waals surface area contributed by atoms with Gasteiger partial charge < -0.3 is 10.2 Å². The molecule has 1 aliphatic heterocycles. The molecule has 1 saturated carbocycles. The number of nitrogens with zero attached hydrogens (tertiary/aromatic N) is 3. The maximum Gasteiger partial charge on any atom is 0.274 e. The summed E-state index contributed by atoms with van der Waals surface area (Å²) in [5.41, 5.74) is 0.454. The first kappa shape index (κ1) is 12.4. The molecule has 2 fully saturated rings. The third-order valence-electron chi connectivity index (χ3n) is 3.74. The molecule has 1 aromatic rings. The van der Waals surface area contributed by atoms with Crippen molar-refractivity contribution in [2.24, 2.45) is 5.92 Å². The Hall–Kier alpha value is -1.65. The lowest BCUT2D eigenvalue weighted by atomic mass is 10.0. The maximum atomic E-state index is 12.3. The maximum absolute atomic E-state index is 12.3. The van der Waals surface area contributed by atoms with Gasteiger partial charge in [0.15, 0.2) is 0 Å². The molecule has 1 amide bonds. The molecule has 0 radical (unpaired) electrons. The van der Waals surface area contributed by atoms with Crippen LogP contribution in [0.25, 0.3) is 0 Å². The molecule has 1 unspecified atom stereocenters. The standard InChI is InChI=1S/C14H20N4O/c1-10-3-2-6-18(9-10)14(19)12-7-16-13(8-15-12)17-11-4-5-11/h7-8,10-11H,2-6,9H2,1H3,(H,16,17). The quantitative estimate of drug-likeness (QED) is 0.902. The molecule has 0 aromatic carbocycles. The summed E-state index contributed by atoms with van der Waals surface area (Å²) < 4.78 is 0. The summed E-state index contributed by atoms with van der Waals surface area (Å²) in [7, 11) is 0. The number of rotatable bonds is 3. The lowest BCUT2D eigenvalue weighted by Crippen LogP contribution is -2.39. The number of hydrogen-bond acceptors (Lipinski definition) is 4. The van der Waals surface area contributed by atoms with E-state index in [0.29, 0.717) is 17.7 Å². The highest BCUT2D eigenvalue weighted by molar-refractivity contribution is 5.92. The number of aromatic nitrogens is 2. The van der Waals surface area contributed by atoms with Crippen molar-refractivity contribution in [2.45, 2.75) is 38.6 Å². The highest BCUT2D eigenvalue weighted by Crippen LogP contribution is 2.23. The first-order valence-corrected chi connectivity index (χ1v) is 7.10. The van der Waals surface area contributed by atoms with E-state index in [4.69, 9.17) is 0 Å². The number of piperidine rings is 1. The molecule has 3 rings (SSSR count). The zero-order valence-corrected chi connectivity index (χ0v) is 11.3. The number of carbonyl (C=O) groups is 1. The summed E-state index contributed by atoms with van der Waals surface area (Å²) >= 11 is 0. The van der Waals surface area contributed by atoms with Crippen molar-refractivity contribution in [3.8, 4) is 0 Å². The van der Waals surface area contributed by atoms with Crippen LogP contribution in [0.1, 0.15) is 43.1 Å². The topological polar surface area (TPSA) is 58.1 Å². The minimum Gasteiger partial charge on any atom is -0.366 e. The van der Waals surface area contributed by atoms with Crippen molar-refractivity contribution in [3.63, 3.8) is 0 Å². The van der Waals surface area contributed by atoms with E-state index in [2.05, 4.69) is 22.2 Å². The predicted molar refractivity (Wildman–Crippen MR) is 73.0 cm³/mol. The van der Waals surface area contributed by atoms with E-state index in [1.807, 2.05) is 4.90 Å². The van der Waals surface area contributed by atoms with E-state index in [9.17, 15) is 4.79 Å². The Morgan fingerprint density at radius 3 is 2.79 bits per heavy atom. The predicted octanol–water partition coefficient (Wildman–Crippen LogP) is 1.92. The van der Waals surface area contributed by atoms with E-state index >= 15 is 0 Å². The van der Waals surface area contributed by atoms with E-state index in [1.54, 1.807) is 12.4 Å². The SMILES string of the molecule is CC1CCCN(C(=O)c2cnc(NC3CC3)cn2)C1. The van der Waals surface area contributed by atoms with Crippen LogP contribution in [0.2, 0.25) is 0 Å². The van der Waals surface area contributed by atoms with E-state index in [-0.39, 0.29) is 5.91 Å². The van der Waals surface area contributed by atoms with Gasteiger partial charge in [-0.15, -0.1) is 0 Å². The lowest BCUT2D eigenvalue weighted by molar-refractivity contribution is 0.0676. The Morgan fingerprint density at radius 2 is 2.16 bits per heavy atom. The van der Waals surface area contributed by atoms with Crippen LogP contribution in [0.5, 0.6) is 0 Å². The average Bonchev–Trinajstić information content (AvgIpc) is 3.23. The van der Waals surface area contributed by atoms with Crippen molar-refractivity contribution in [2.75, 3.05) is 18.4 Å². The summed E-state index contributed by atoms with van der Waals surface area (Å²) in [4.78, 5) is 22.7. The van der Waals surface area contributed by atoms with Gasteiger partial charge in [-0.2, -0.15) is 0 Å². The van der Waals surface area contributed by atoms with Crippen molar-refractivity contribution in [1.82, 2.24) is 14.9 Å². The first-order valence-electron chi connectivity index (χ1n) is 7.10. The van der Waals surface area contributed by atoms with Crippen LogP contribution in [0, 0.1) is 5.92 Å². The molecular formula is C14H20N4O. The minimum absolute atomic E-state index is 0.0111. The highest BCUT2D eigenvalue weighted by Gasteiger charge is 2.24. The van der Waals surface area contributed by atoms with Crippen LogP contribution in [-0.4, -0.2) is 39.9 Å². The average molecular weight is 260 g/mol. The summed E-state index contributed by atoms with van der Waals surface area (Å²) in [5, 5.41) is 3.27. The van der Waals surface area contributed by atoms with Crippen molar-refractivity contribution >= 4 is 11.7 Å². The molecule has 2 heterocycles. The molecule has 1 aromatic heterocycles. The Kier molecular flexibility index (Phi) is 3.36. The smallest absolute Gasteiger partial charge is 0.274 e. The van der Waals surface area contributed by atoms with E-state index < -0.39 is 0 Å². The Bertz CT molecular complexity index is 455. The number of amides is 1. The molecule has 2 aliphatic rings. The summed E-state index contributed by atoms with van der Waals surface area (Å²) in [6.07, 6.45) is 7.95. The zero-order chi connectivity index (χ0) is 13.2. The van der Waals surface area contributed by atoms with Crippen LogP contribution < -0.4 is 5.32 Å². The van der Waals surface area contributed by atoms with Gasteiger partial charge in [0.1, 0.15) is 11.5 Å². The Morgan fingerprint density at radius 1 is 1.32 bits per heavy atom. The number of anilines is 1. The molecule has 1 saturated heterocycles. The molecule has 0 bridgehead atoms. The number of carbonyl (C=O) groups excluding carboxylic acids is 1. The Balaban J connectivity index is 1.65. The van der Waals surface area contributed by atoms with Crippen LogP contribution in [-0.2, 0) is 0 Å². The van der Waals surface area contributed by atoms with Crippen LogP contribution >= 0.6 is 0 Å². The normalized spacial score (nSPS) is 23.2. The van der Waals surface area contributed by atoms with Gasteiger partial charge in [0.2, 0.25) is 0 Å². The first-order chi connectivity index (χ1) is 9.22. The Labute approximate surface area is 113 Å². The highest BCUT2D eigenvalue weighted by atomic mass is 16.2. The van der Waals surface area contributed by atoms with Gasteiger partial charge in [-0.1, -0.05) is 6.92 Å². The second-order valence-electron chi connectivity index (χ2n) is 5.70. The summed E-state index contributed by atoms with van der Waals surface area (Å²) in [5.74, 6) is 1.37. The molecule has 5 nitrogen and oxygen atoms in total. The molecule has 19 heavy (non-hydrogen) atoms. The lowest BCUT2D eigenvalue weighted by Gasteiger charge is -2.30.